The van der Waals surface area contributed by atoms with E-state index in [9.17, 15) is 0 Å². The number of hydrogen-bond acceptors (Lipinski definition) is 3. The Labute approximate surface area is 124 Å². The number of pyridine rings is 1. The van der Waals surface area contributed by atoms with Crippen molar-refractivity contribution in [3.05, 3.63) is 22.8 Å². The summed E-state index contributed by atoms with van der Waals surface area (Å²) in [7, 11) is 0. The average Bonchev–Trinajstić information content (AvgIpc) is 3.07. The van der Waals surface area contributed by atoms with Crippen LogP contribution in [0.25, 0.3) is 0 Å². The lowest BCUT2D eigenvalue weighted by atomic mass is 10.2. The van der Waals surface area contributed by atoms with Gasteiger partial charge in [-0.2, -0.15) is 0 Å². The highest BCUT2D eigenvalue weighted by molar-refractivity contribution is 14.1. The molecule has 1 saturated heterocycles. The molecule has 0 amide bonds. The fourth-order valence-corrected chi connectivity index (χ4v) is 3.62. The summed E-state index contributed by atoms with van der Waals surface area (Å²) in [5.74, 6) is 1.09. The minimum atomic E-state index is 0.516. The van der Waals surface area contributed by atoms with Gasteiger partial charge in [0.1, 0.15) is 5.82 Å². The first-order chi connectivity index (χ1) is 8.24. The van der Waals surface area contributed by atoms with Crippen LogP contribution in [0.1, 0.15) is 19.3 Å². The van der Waals surface area contributed by atoms with E-state index in [1.165, 1.54) is 19.3 Å². The maximum absolute atomic E-state index is 4.49. The van der Waals surface area contributed by atoms with Crippen LogP contribution in [0.2, 0.25) is 0 Å². The number of nitrogens with zero attached hydrogens (tertiary/aromatic N) is 2. The monoisotopic (exact) mass is 407 g/mol. The number of rotatable bonds is 3. The SMILES string of the molecule is Brc1ccc(N2CCC(NC3CC3)C2I)nc1. The van der Waals surface area contributed by atoms with Crippen molar-refractivity contribution in [2.75, 3.05) is 11.4 Å². The molecule has 1 saturated carbocycles. The molecular formula is C12H15BrIN3. The molecule has 1 aliphatic carbocycles. The van der Waals surface area contributed by atoms with Crippen LogP contribution in [0.4, 0.5) is 5.82 Å². The summed E-state index contributed by atoms with van der Waals surface area (Å²) in [6, 6.07) is 5.56. The number of halogens is 2. The van der Waals surface area contributed by atoms with E-state index in [4.69, 9.17) is 0 Å². The van der Waals surface area contributed by atoms with Gasteiger partial charge in [0.25, 0.3) is 0 Å². The zero-order valence-electron chi connectivity index (χ0n) is 9.44. The van der Waals surface area contributed by atoms with Gasteiger partial charge in [-0.25, -0.2) is 4.98 Å². The van der Waals surface area contributed by atoms with Crippen molar-refractivity contribution >= 4 is 44.3 Å². The second kappa shape index (κ2) is 5.01. The predicted octanol–water partition coefficient (Wildman–Crippen LogP) is 2.94. The lowest BCUT2D eigenvalue weighted by Gasteiger charge is -2.24. The smallest absolute Gasteiger partial charge is 0.129 e. The van der Waals surface area contributed by atoms with Crippen molar-refractivity contribution < 1.29 is 0 Å². The third kappa shape index (κ3) is 2.76. The van der Waals surface area contributed by atoms with Crippen LogP contribution in [0.15, 0.2) is 22.8 Å². The maximum Gasteiger partial charge on any atom is 0.129 e. The first-order valence-corrected chi connectivity index (χ1v) is 8.06. The Morgan fingerprint density at radius 2 is 2.18 bits per heavy atom. The summed E-state index contributed by atoms with van der Waals surface area (Å²) < 4.78 is 1.56. The topological polar surface area (TPSA) is 28.2 Å². The molecule has 0 bridgehead atoms. The predicted molar refractivity (Wildman–Crippen MR) is 81.7 cm³/mol. The van der Waals surface area contributed by atoms with E-state index in [0.29, 0.717) is 10.1 Å². The van der Waals surface area contributed by atoms with Crippen molar-refractivity contribution in [2.45, 2.75) is 35.4 Å². The minimum Gasteiger partial charge on any atom is -0.343 e. The molecule has 2 unspecified atom stereocenters. The molecular weight excluding hydrogens is 393 g/mol. The number of alkyl halides is 1. The molecule has 2 fully saturated rings. The van der Waals surface area contributed by atoms with Crippen molar-refractivity contribution in [3.63, 3.8) is 0 Å². The van der Waals surface area contributed by atoms with Gasteiger partial charge >= 0.3 is 0 Å². The van der Waals surface area contributed by atoms with E-state index in [0.717, 1.165) is 22.9 Å². The maximum atomic E-state index is 4.49. The molecule has 1 aliphatic heterocycles. The van der Waals surface area contributed by atoms with E-state index >= 15 is 0 Å². The zero-order valence-corrected chi connectivity index (χ0v) is 13.2. The molecule has 1 aromatic rings. The van der Waals surface area contributed by atoms with Crippen LogP contribution in [-0.2, 0) is 0 Å². The molecule has 3 rings (SSSR count). The van der Waals surface area contributed by atoms with Gasteiger partial charge in [0, 0.05) is 29.3 Å². The van der Waals surface area contributed by atoms with Gasteiger partial charge < -0.3 is 10.2 Å². The Bertz CT molecular complexity index is 393. The van der Waals surface area contributed by atoms with E-state index in [1.54, 1.807) is 0 Å². The van der Waals surface area contributed by atoms with E-state index < -0.39 is 0 Å². The van der Waals surface area contributed by atoms with Crippen LogP contribution in [-0.4, -0.2) is 27.7 Å². The molecule has 5 heteroatoms. The van der Waals surface area contributed by atoms with E-state index in [1.807, 2.05) is 6.20 Å². The first kappa shape index (κ1) is 12.2. The van der Waals surface area contributed by atoms with Gasteiger partial charge in [-0.05, 0) is 47.3 Å². The quantitative estimate of drug-likeness (QED) is 0.474. The summed E-state index contributed by atoms with van der Waals surface area (Å²) in [4.78, 5) is 6.88. The van der Waals surface area contributed by atoms with Gasteiger partial charge in [-0.1, -0.05) is 22.6 Å². The van der Waals surface area contributed by atoms with Crippen molar-refractivity contribution in [2.24, 2.45) is 0 Å². The molecule has 0 aromatic carbocycles. The number of anilines is 1. The summed E-state index contributed by atoms with van der Waals surface area (Å²) in [5, 5.41) is 3.73. The molecule has 0 radical (unpaired) electrons. The Kier molecular flexibility index (Phi) is 3.59. The molecule has 2 aliphatic rings. The van der Waals surface area contributed by atoms with Gasteiger partial charge in [0.2, 0.25) is 0 Å². The fraction of sp³-hybridized carbons (Fsp3) is 0.583. The summed E-state index contributed by atoms with van der Waals surface area (Å²) in [5.41, 5.74) is 0. The van der Waals surface area contributed by atoms with Gasteiger partial charge in [-0.3, -0.25) is 0 Å². The Morgan fingerprint density at radius 3 is 2.82 bits per heavy atom. The molecule has 92 valence electrons. The second-order valence-electron chi connectivity index (χ2n) is 4.74. The third-order valence-electron chi connectivity index (χ3n) is 3.34. The highest BCUT2D eigenvalue weighted by Crippen LogP contribution is 2.31. The molecule has 3 nitrogen and oxygen atoms in total. The van der Waals surface area contributed by atoms with Gasteiger partial charge in [-0.15, -0.1) is 0 Å². The van der Waals surface area contributed by atoms with Crippen LogP contribution in [0.5, 0.6) is 0 Å². The van der Waals surface area contributed by atoms with Crippen LogP contribution in [0.3, 0.4) is 0 Å². The second-order valence-corrected chi connectivity index (χ2v) is 6.93. The zero-order chi connectivity index (χ0) is 11.8. The summed E-state index contributed by atoms with van der Waals surface area (Å²) >= 11 is 5.97. The Balaban J connectivity index is 1.69. The first-order valence-electron chi connectivity index (χ1n) is 6.02. The molecule has 2 atom stereocenters. The van der Waals surface area contributed by atoms with Crippen molar-refractivity contribution in [1.82, 2.24) is 10.3 Å². The van der Waals surface area contributed by atoms with Crippen LogP contribution < -0.4 is 10.2 Å². The molecule has 1 aromatic heterocycles. The average molecular weight is 408 g/mol. The summed E-state index contributed by atoms with van der Waals surface area (Å²) in [6.45, 7) is 1.10. The molecule has 1 N–H and O–H groups in total. The Hall–Kier alpha value is 0.120. The Morgan fingerprint density at radius 1 is 1.35 bits per heavy atom. The lowest BCUT2D eigenvalue weighted by molar-refractivity contribution is 0.539. The highest BCUT2D eigenvalue weighted by atomic mass is 127. The third-order valence-corrected chi connectivity index (χ3v) is 5.35. The van der Waals surface area contributed by atoms with Crippen molar-refractivity contribution in [1.29, 1.82) is 0 Å². The van der Waals surface area contributed by atoms with Crippen molar-refractivity contribution in [3.8, 4) is 0 Å². The minimum absolute atomic E-state index is 0.516. The lowest BCUT2D eigenvalue weighted by Crippen LogP contribution is -2.39. The van der Waals surface area contributed by atoms with Crippen LogP contribution >= 0.6 is 38.5 Å². The van der Waals surface area contributed by atoms with Gasteiger partial charge in [0.05, 0.1) is 4.05 Å². The standard InChI is InChI=1S/C12H15BrIN3/c13-8-1-4-11(15-7-8)17-6-5-10(12(17)14)16-9-2-3-9/h1,4,7,9-10,12,16H,2-3,5-6H2. The molecule has 2 heterocycles. The highest BCUT2D eigenvalue weighted by Gasteiger charge is 2.36. The summed E-state index contributed by atoms with van der Waals surface area (Å²) in [6.07, 6.45) is 5.81. The van der Waals surface area contributed by atoms with E-state index in [-0.39, 0.29) is 0 Å². The number of aromatic nitrogens is 1. The molecule has 17 heavy (non-hydrogen) atoms. The molecule has 0 spiro atoms. The number of hydrogen-bond donors (Lipinski definition) is 1. The largest absolute Gasteiger partial charge is 0.343 e. The normalized spacial score (nSPS) is 28.7. The van der Waals surface area contributed by atoms with Gasteiger partial charge in [0.15, 0.2) is 0 Å². The van der Waals surface area contributed by atoms with E-state index in [2.05, 4.69) is 65.9 Å². The fourth-order valence-electron chi connectivity index (χ4n) is 2.25. The number of nitrogens with one attached hydrogen (secondary N) is 1. The van der Waals surface area contributed by atoms with Crippen LogP contribution in [0, 0.1) is 0 Å².